The molecule has 0 amide bonds. The summed E-state index contributed by atoms with van der Waals surface area (Å²) < 4.78 is 6.45. The van der Waals surface area contributed by atoms with Gasteiger partial charge >= 0.3 is 0 Å². The molecule has 0 aromatic heterocycles. The van der Waals surface area contributed by atoms with Gasteiger partial charge in [0.2, 0.25) is 6.23 Å². The molecule has 0 radical (unpaired) electrons. The van der Waals surface area contributed by atoms with Gasteiger partial charge in [0.15, 0.2) is 11.5 Å². The van der Waals surface area contributed by atoms with Crippen molar-refractivity contribution in [3.05, 3.63) is 118 Å². The molecule has 6 atom stereocenters. The number of ketones is 1. The first-order valence-electron chi connectivity index (χ1n) is 18.7. The highest BCUT2D eigenvalue weighted by atomic mass is 16.5. The number of hydrogen-bond acceptors (Lipinski definition) is 9. The fourth-order valence-electron chi connectivity index (χ4n) is 7.19. The number of carbonyl (C=O) groups excluding carboxylic acids is 1. The maximum absolute atomic E-state index is 12.6. The van der Waals surface area contributed by atoms with Crippen molar-refractivity contribution >= 4 is 11.5 Å². The molecule has 3 heterocycles. The Morgan fingerprint density at radius 1 is 1.08 bits per heavy atom. The van der Waals surface area contributed by atoms with Crippen LogP contribution in [0.5, 0.6) is 11.5 Å². The number of Topliss-reactive ketones (excluding diaryl/α,β-unsaturated/α-hetero) is 1. The summed E-state index contributed by atoms with van der Waals surface area (Å²) in [5, 5.41) is 45.7. The van der Waals surface area contributed by atoms with Gasteiger partial charge in [-0.25, -0.2) is 0 Å². The number of allylic oxidation sites excluding steroid dienone is 1. The Hall–Kier alpha value is -4.60. The maximum atomic E-state index is 12.6. The normalized spacial score (nSPS) is 20.7. The number of fused-ring (bicyclic) bond motifs is 2. The van der Waals surface area contributed by atoms with Gasteiger partial charge in [-0.05, 0) is 71.2 Å². The number of nitrogens with zero attached hydrogens (tertiary/aromatic N) is 1. The maximum Gasteiger partial charge on any atom is 0.247 e. The second-order valence-corrected chi connectivity index (χ2v) is 14.3. The Labute approximate surface area is 311 Å². The van der Waals surface area contributed by atoms with Crippen LogP contribution in [0, 0.1) is 11.8 Å². The van der Waals surface area contributed by atoms with Crippen LogP contribution < -0.4 is 20.7 Å². The lowest BCUT2D eigenvalue weighted by Gasteiger charge is -2.23. The summed E-state index contributed by atoms with van der Waals surface area (Å²) in [7, 11) is 0. The van der Waals surface area contributed by atoms with Crippen molar-refractivity contribution in [1.29, 1.82) is 0 Å². The average Bonchev–Trinajstić information content (AvgIpc) is 3.73. The van der Waals surface area contributed by atoms with Crippen LogP contribution in [0.2, 0.25) is 0 Å². The van der Waals surface area contributed by atoms with Crippen molar-refractivity contribution < 1.29 is 34.9 Å². The first-order valence-corrected chi connectivity index (χ1v) is 18.7. The van der Waals surface area contributed by atoms with Gasteiger partial charge in [-0.3, -0.25) is 20.0 Å². The van der Waals surface area contributed by atoms with Crippen molar-refractivity contribution in [2.24, 2.45) is 10.7 Å². The zero-order chi connectivity index (χ0) is 37.3. The lowest BCUT2D eigenvalue weighted by Crippen LogP contribution is -3.12. The van der Waals surface area contributed by atoms with E-state index in [0.717, 1.165) is 63.4 Å². The number of benzene rings is 3. The molecule has 0 saturated carbocycles. The Kier molecular flexibility index (Phi) is 12.9. The van der Waals surface area contributed by atoms with Gasteiger partial charge in [-0.15, -0.1) is 0 Å². The molecule has 0 aliphatic carbocycles. The van der Waals surface area contributed by atoms with Crippen LogP contribution in [0.4, 0.5) is 0 Å². The van der Waals surface area contributed by atoms with Gasteiger partial charge in [-0.2, -0.15) is 0 Å². The van der Waals surface area contributed by atoms with Crippen molar-refractivity contribution in [3.8, 4) is 23.3 Å². The molecule has 8 N–H and O–H groups in total. The van der Waals surface area contributed by atoms with Gasteiger partial charge in [0.1, 0.15) is 36.8 Å². The van der Waals surface area contributed by atoms with Gasteiger partial charge in [0.05, 0.1) is 23.9 Å². The van der Waals surface area contributed by atoms with Crippen LogP contribution in [-0.2, 0) is 24.1 Å². The highest BCUT2D eigenvalue weighted by Gasteiger charge is 2.36. The molecule has 3 aromatic rings. The molecule has 0 spiro atoms. The van der Waals surface area contributed by atoms with E-state index in [1.165, 1.54) is 5.56 Å². The monoisotopic (exact) mass is 719 g/mol. The average molecular weight is 720 g/mol. The minimum Gasteiger partial charge on any atom is -0.504 e. The fraction of sp³-hybridized carbons (Fsp3) is 0.395. The van der Waals surface area contributed by atoms with Gasteiger partial charge in [-0.1, -0.05) is 79.8 Å². The van der Waals surface area contributed by atoms with Crippen molar-refractivity contribution in [1.82, 2.24) is 5.32 Å². The SMILES string of the molecule is CCCC(O)CC(O)CC(=O)CCc1ccc(O)c(OC2CC#CC(O)c3ccc(C(N)NCCc4ccccc4)cc3CC3=CN=C4C[NH+]2C=C34)c1. The first-order chi connectivity index (χ1) is 25.7. The Morgan fingerprint density at radius 2 is 1.91 bits per heavy atom. The highest BCUT2D eigenvalue weighted by molar-refractivity contribution is 6.08. The number of aliphatic hydroxyl groups is 3. The molecular formula is C43H51N4O6+. The van der Waals surface area contributed by atoms with Crippen LogP contribution in [0.1, 0.15) is 85.5 Å². The molecule has 3 aromatic carbocycles. The number of quaternary nitrogens is 1. The lowest BCUT2D eigenvalue weighted by atomic mass is 9.91. The predicted octanol–water partition coefficient (Wildman–Crippen LogP) is 3.49. The molecule has 0 fully saturated rings. The van der Waals surface area contributed by atoms with Crippen LogP contribution in [0.3, 0.4) is 0 Å². The number of nitrogens with one attached hydrogen (secondary N) is 2. The Balaban J connectivity index is 1.14. The zero-order valence-corrected chi connectivity index (χ0v) is 30.3. The molecule has 6 unspecified atom stereocenters. The fourth-order valence-corrected chi connectivity index (χ4v) is 7.19. The molecule has 10 nitrogen and oxygen atoms in total. The third kappa shape index (κ3) is 10.1. The number of nitrogens with two attached hydrogens (primary N) is 1. The van der Waals surface area contributed by atoms with Gasteiger partial charge < -0.3 is 30.9 Å². The quantitative estimate of drug-likeness (QED) is 0.0875. The van der Waals surface area contributed by atoms with E-state index in [1.807, 2.05) is 43.5 Å². The summed E-state index contributed by atoms with van der Waals surface area (Å²) in [6.45, 7) is 3.27. The van der Waals surface area contributed by atoms with Crippen LogP contribution in [0.15, 0.2) is 95.3 Å². The molecule has 278 valence electrons. The van der Waals surface area contributed by atoms with E-state index in [4.69, 9.17) is 15.5 Å². The van der Waals surface area contributed by atoms with Crippen molar-refractivity contribution in [2.45, 2.75) is 95.4 Å². The minimum absolute atomic E-state index is 0.00626. The molecule has 3 aliphatic heterocycles. The Bertz CT molecular complexity index is 1910. The largest absolute Gasteiger partial charge is 0.504 e. The molecule has 2 bridgehead atoms. The summed E-state index contributed by atoms with van der Waals surface area (Å²) in [6, 6.07) is 21.2. The predicted molar refractivity (Wildman–Crippen MR) is 204 cm³/mol. The molecule has 53 heavy (non-hydrogen) atoms. The number of aliphatic hydroxyl groups excluding tert-OH is 3. The molecule has 3 aliphatic rings. The number of carbonyl (C=O) groups is 1. The van der Waals surface area contributed by atoms with Crippen molar-refractivity contribution in [3.63, 3.8) is 0 Å². The van der Waals surface area contributed by atoms with E-state index in [-0.39, 0.29) is 49.1 Å². The van der Waals surface area contributed by atoms with E-state index >= 15 is 0 Å². The van der Waals surface area contributed by atoms with Gasteiger partial charge in [0, 0.05) is 32.0 Å². The summed E-state index contributed by atoms with van der Waals surface area (Å²) >= 11 is 0. The number of phenols is 1. The summed E-state index contributed by atoms with van der Waals surface area (Å²) in [4.78, 5) is 18.3. The minimum atomic E-state index is -1.02. The number of aryl methyl sites for hydroxylation is 1. The smallest absolute Gasteiger partial charge is 0.247 e. The first kappa shape index (κ1) is 38.1. The summed E-state index contributed by atoms with van der Waals surface area (Å²) in [6.07, 6.45) is 4.52. The topological polar surface area (TPSA) is 162 Å². The number of hydrogen-bond donors (Lipinski definition) is 7. The number of aliphatic imine (C=N–C) groups is 1. The van der Waals surface area contributed by atoms with Gasteiger partial charge in [0.25, 0.3) is 0 Å². The van der Waals surface area contributed by atoms with E-state index < -0.39 is 24.5 Å². The van der Waals surface area contributed by atoms with E-state index in [9.17, 15) is 25.2 Å². The number of phenolic OH excluding ortho intramolecular Hbond substituents is 1. The second kappa shape index (κ2) is 18.0. The molecule has 0 saturated heterocycles. The highest BCUT2D eigenvalue weighted by Crippen LogP contribution is 2.31. The third-order valence-corrected chi connectivity index (χ3v) is 10.1. The van der Waals surface area contributed by atoms with E-state index in [2.05, 4.69) is 41.6 Å². The van der Waals surface area contributed by atoms with Crippen LogP contribution >= 0.6 is 0 Å². The Morgan fingerprint density at radius 3 is 2.72 bits per heavy atom. The number of ether oxygens (including phenoxy) is 1. The molecule has 6 rings (SSSR count). The third-order valence-electron chi connectivity index (χ3n) is 10.1. The standard InChI is InChI=1S/C43H50N4O6/c1-2-7-33(48)23-35(50)24-34(49)15-12-29-13-17-40(52)41(20-29)53-42-11-6-10-39(51)36-16-14-30(43(44)45-19-18-28-8-4-3-5-9-28)21-31(36)22-32-25-46-38-27-47(42)26-37(32)38/h3-5,8-9,13-14,16-17,20-21,25-26,33,35,39,42-43,45,48,50-52H,2,7,11-12,15,18-19,22-24,27,44H2,1H3/p+1. The number of aromatic hydroxyl groups is 1. The second-order valence-electron chi connectivity index (χ2n) is 14.3. The van der Waals surface area contributed by atoms with Crippen LogP contribution in [-0.4, -0.2) is 63.4 Å². The summed E-state index contributed by atoms with van der Waals surface area (Å²) in [5.74, 6) is 6.34. The summed E-state index contributed by atoms with van der Waals surface area (Å²) in [5.41, 5.74) is 14.3. The zero-order valence-electron chi connectivity index (χ0n) is 30.3. The van der Waals surface area contributed by atoms with Crippen LogP contribution in [0.25, 0.3) is 0 Å². The molecular weight excluding hydrogens is 668 g/mol. The lowest BCUT2D eigenvalue weighted by molar-refractivity contribution is -0.882. The molecule has 10 heteroatoms. The number of rotatable bonds is 16. The van der Waals surface area contributed by atoms with E-state index in [1.54, 1.807) is 18.2 Å². The van der Waals surface area contributed by atoms with E-state index in [0.29, 0.717) is 25.8 Å². The van der Waals surface area contributed by atoms with Crippen molar-refractivity contribution in [2.75, 3.05) is 13.1 Å².